The topological polar surface area (TPSA) is 59.1 Å². The van der Waals surface area contributed by atoms with Crippen LogP contribution in [0.3, 0.4) is 0 Å². The van der Waals surface area contributed by atoms with Gasteiger partial charge in [-0.2, -0.15) is 4.98 Å². The predicted molar refractivity (Wildman–Crippen MR) is 91.2 cm³/mol. The van der Waals surface area contributed by atoms with Crippen molar-refractivity contribution in [1.29, 1.82) is 0 Å². The maximum absolute atomic E-state index is 5.06. The first-order valence-corrected chi connectivity index (χ1v) is 7.74. The minimum absolute atomic E-state index is 0.649. The molecule has 0 atom stereocenters. The second-order valence-corrected chi connectivity index (χ2v) is 5.03. The Morgan fingerprint density at radius 2 is 1.86 bits per heavy atom. The quantitative estimate of drug-likeness (QED) is 0.695. The molecule has 1 heterocycles. The highest BCUT2D eigenvalue weighted by Crippen LogP contribution is 2.21. The molecular weight excluding hydrogens is 276 g/mol. The summed E-state index contributed by atoms with van der Waals surface area (Å²) in [6.45, 7) is 4.55. The molecule has 2 aromatic rings. The van der Waals surface area contributed by atoms with E-state index in [1.165, 1.54) is 0 Å². The van der Waals surface area contributed by atoms with Gasteiger partial charge in [0.1, 0.15) is 5.82 Å². The van der Waals surface area contributed by atoms with E-state index in [1.54, 1.807) is 7.11 Å². The molecule has 0 saturated heterocycles. The minimum atomic E-state index is 0.649. The molecule has 0 amide bonds. The smallest absolute Gasteiger partial charge is 0.225 e. The summed E-state index contributed by atoms with van der Waals surface area (Å²) in [6, 6.07) is 12.1. The molecule has 0 aliphatic heterocycles. The second-order valence-electron chi connectivity index (χ2n) is 5.03. The normalized spacial score (nSPS) is 10.5. The molecule has 0 aliphatic rings. The fourth-order valence-corrected chi connectivity index (χ4v) is 2.04. The van der Waals surface area contributed by atoms with E-state index in [4.69, 9.17) is 4.74 Å². The summed E-state index contributed by atoms with van der Waals surface area (Å²) in [5.41, 5.74) is 2.01. The van der Waals surface area contributed by atoms with E-state index in [9.17, 15) is 0 Å². The molecule has 2 rings (SSSR count). The summed E-state index contributed by atoms with van der Waals surface area (Å²) in [6.07, 6.45) is 1.98. The number of nitrogens with zero attached hydrogens (tertiary/aromatic N) is 2. The van der Waals surface area contributed by atoms with Gasteiger partial charge in [0, 0.05) is 38.4 Å². The summed E-state index contributed by atoms with van der Waals surface area (Å²) in [4.78, 5) is 9.13. The molecule has 0 bridgehead atoms. The maximum Gasteiger partial charge on any atom is 0.225 e. The van der Waals surface area contributed by atoms with Crippen molar-refractivity contribution < 1.29 is 4.74 Å². The second kappa shape index (κ2) is 9.00. The van der Waals surface area contributed by atoms with Gasteiger partial charge in [-0.25, -0.2) is 4.98 Å². The Morgan fingerprint density at radius 1 is 1.05 bits per heavy atom. The van der Waals surface area contributed by atoms with E-state index >= 15 is 0 Å². The van der Waals surface area contributed by atoms with Gasteiger partial charge >= 0.3 is 0 Å². The van der Waals surface area contributed by atoms with Gasteiger partial charge in [0.05, 0.1) is 5.69 Å². The van der Waals surface area contributed by atoms with Crippen LogP contribution in [0.1, 0.15) is 19.8 Å². The summed E-state index contributed by atoms with van der Waals surface area (Å²) < 4.78 is 5.06. The largest absolute Gasteiger partial charge is 0.385 e. The van der Waals surface area contributed by atoms with Crippen LogP contribution in [0.4, 0.5) is 11.8 Å². The molecule has 1 aromatic carbocycles. The van der Waals surface area contributed by atoms with Crippen LogP contribution in [0.5, 0.6) is 0 Å². The summed E-state index contributed by atoms with van der Waals surface area (Å²) >= 11 is 0. The van der Waals surface area contributed by atoms with Gasteiger partial charge < -0.3 is 15.4 Å². The van der Waals surface area contributed by atoms with E-state index in [0.29, 0.717) is 5.95 Å². The molecule has 0 spiro atoms. The summed E-state index contributed by atoms with van der Waals surface area (Å²) in [7, 11) is 1.71. The number of hydrogen-bond donors (Lipinski definition) is 2. The molecule has 1 aromatic heterocycles. The number of rotatable bonds is 9. The first kappa shape index (κ1) is 16.2. The van der Waals surface area contributed by atoms with Gasteiger partial charge in [0.25, 0.3) is 0 Å². The lowest BCUT2D eigenvalue weighted by molar-refractivity contribution is 0.197. The number of benzene rings is 1. The third kappa shape index (κ3) is 5.00. The first-order valence-electron chi connectivity index (χ1n) is 7.74. The minimum Gasteiger partial charge on any atom is -0.385 e. The molecule has 0 aliphatic carbocycles. The van der Waals surface area contributed by atoms with Crippen molar-refractivity contribution in [2.24, 2.45) is 0 Å². The van der Waals surface area contributed by atoms with Crippen molar-refractivity contribution in [1.82, 2.24) is 9.97 Å². The van der Waals surface area contributed by atoms with Crippen LogP contribution in [0.2, 0.25) is 0 Å². The Hall–Kier alpha value is -2.14. The number of hydrogen-bond acceptors (Lipinski definition) is 5. The fraction of sp³-hybridized carbons (Fsp3) is 0.412. The molecule has 118 valence electrons. The molecule has 0 saturated carbocycles. The Bertz CT molecular complexity index is 560. The summed E-state index contributed by atoms with van der Waals surface area (Å²) in [5.74, 6) is 1.50. The van der Waals surface area contributed by atoms with Crippen molar-refractivity contribution in [3.63, 3.8) is 0 Å². The molecule has 0 unspecified atom stereocenters. The van der Waals surface area contributed by atoms with Crippen molar-refractivity contribution in [3.8, 4) is 11.3 Å². The lowest BCUT2D eigenvalue weighted by Gasteiger charge is -2.11. The highest BCUT2D eigenvalue weighted by molar-refractivity contribution is 5.64. The lowest BCUT2D eigenvalue weighted by Crippen LogP contribution is -2.10. The Morgan fingerprint density at radius 3 is 2.59 bits per heavy atom. The van der Waals surface area contributed by atoms with Crippen molar-refractivity contribution >= 4 is 11.8 Å². The summed E-state index contributed by atoms with van der Waals surface area (Å²) in [5, 5.41) is 6.59. The van der Waals surface area contributed by atoms with Gasteiger partial charge in [0.2, 0.25) is 5.95 Å². The Balaban J connectivity index is 2.17. The van der Waals surface area contributed by atoms with E-state index < -0.39 is 0 Å². The van der Waals surface area contributed by atoms with Crippen molar-refractivity contribution in [3.05, 3.63) is 36.4 Å². The zero-order valence-electron chi connectivity index (χ0n) is 13.3. The number of ether oxygens (including phenoxy) is 1. The predicted octanol–water partition coefficient (Wildman–Crippen LogP) is 3.41. The van der Waals surface area contributed by atoms with Gasteiger partial charge in [0.15, 0.2) is 0 Å². The number of nitrogens with one attached hydrogen (secondary N) is 2. The maximum atomic E-state index is 5.06. The van der Waals surface area contributed by atoms with Crippen molar-refractivity contribution in [2.45, 2.75) is 19.8 Å². The van der Waals surface area contributed by atoms with Crippen LogP contribution in [-0.4, -0.2) is 36.8 Å². The van der Waals surface area contributed by atoms with E-state index in [1.807, 2.05) is 24.3 Å². The number of methoxy groups -OCH3 is 1. The van der Waals surface area contributed by atoms with E-state index in [2.05, 4.69) is 39.7 Å². The first-order chi connectivity index (χ1) is 10.8. The lowest BCUT2D eigenvalue weighted by atomic mass is 10.1. The zero-order chi connectivity index (χ0) is 15.6. The number of anilines is 2. The average Bonchev–Trinajstić information content (AvgIpc) is 2.57. The van der Waals surface area contributed by atoms with Crippen LogP contribution in [-0.2, 0) is 4.74 Å². The van der Waals surface area contributed by atoms with Crippen LogP contribution < -0.4 is 10.6 Å². The van der Waals surface area contributed by atoms with Crippen LogP contribution >= 0.6 is 0 Å². The van der Waals surface area contributed by atoms with Crippen molar-refractivity contribution in [2.75, 3.05) is 37.4 Å². The standard InChI is InChI=1S/C17H24N4O/c1-3-10-18-16-13-15(14-8-5-4-6-9-14)20-17(21-16)19-11-7-12-22-2/h4-6,8-9,13H,3,7,10-12H2,1-2H3,(H2,18,19,20,21). The van der Waals surface area contributed by atoms with Gasteiger partial charge in [-0.1, -0.05) is 37.3 Å². The van der Waals surface area contributed by atoms with Crippen LogP contribution in [0, 0.1) is 0 Å². The van der Waals surface area contributed by atoms with E-state index in [0.717, 1.165) is 49.6 Å². The average molecular weight is 300 g/mol. The number of aromatic nitrogens is 2. The van der Waals surface area contributed by atoms with Gasteiger partial charge in [-0.05, 0) is 12.8 Å². The Kier molecular flexibility index (Phi) is 6.64. The van der Waals surface area contributed by atoms with Crippen LogP contribution in [0.15, 0.2) is 36.4 Å². The molecule has 0 radical (unpaired) electrons. The van der Waals surface area contributed by atoms with Gasteiger partial charge in [-0.3, -0.25) is 0 Å². The van der Waals surface area contributed by atoms with Gasteiger partial charge in [-0.15, -0.1) is 0 Å². The monoisotopic (exact) mass is 300 g/mol. The Labute approximate surface area is 132 Å². The molecule has 22 heavy (non-hydrogen) atoms. The third-order valence-corrected chi connectivity index (χ3v) is 3.16. The fourth-order valence-electron chi connectivity index (χ4n) is 2.04. The third-order valence-electron chi connectivity index (χ3n) is 3.16. The zero-order valence-corrected chi connectivity index (χ0v) is 13.3. The molecular formula is C17H24N4O. The highest BCUT2D eigenvalue weighted by atomic mass is 16.5. The SMILES string of the molecule is CCCNc1cc(-c2ccccc2)nc(NCCCOC)n1. The highest BCUT2D eigenvalue weighted by Gasteiger charge is 2.06. The molecule has 5 nitrogen and oxygen atoms in total. The molecule has 0 fully saturated rings. The molecule has 2 N–H and O–H groups in total. The van der Waals surface area contributed by atoms with Crippen LogP contribution in [0.25, 0.3) is 11.3 Å². The molecule has 5 heteroatoms. The van der Waals surface area contributed by atoms with E-state index in [-0.39, 0.29) is 0 Å².